The van der Waals surface area contributed by atoms with Crippen LogP contribution in [0.4, 0.5) is 0 Å². The highest BCUT2D eigenvalue weighted by molar-refractivity contribution is 7.87. The summed E-state index contributed by atoms with van der Waals surface area (Å²) in [5, 5.41) is 0. The number of hydrogen-bond donors (Lipinski definition) is 0. The van der Waals surface area contributed by atoms with Crippen LogP contribution < -0.4 is 0 Å². The number of nitrogens with zero attached hydrogens (tertiary/aromatic N) is 3. The van der Waals surface area contributed by atoms with Crippen molar-refractivity contribution >= 4 is 11.5 Å². The molecule has 0 amide bonds. The van der Waals surface area contributed by atoms with Crippen molar-refractivity contribution in [3.63, 3.8) is 0 Å². The molecule has 1 atom stereocenters. The molecule has 5 heteroatoms. The fourth-order valence-electron chi connectivity index (χ4n) is 0.528. The van der Waals surface area contributed by atoms with Gasteiger partial charge in [-0.05, 0) is 0 Å². The number of imidazole rings is 1. The Balaban J connectivity index is 2.68. The lowest BCUT2D eigenvalue weighted by atomic mass is 11.0. The molecule has 0 aliphatic carbocycles. The largest absolute Gasteiger partial charge is 0.573 e. The van der Waals surface area contributed by atoms with Crippen LogP contribution in [-0.4, -0.2) is 31.9 Å². The summed E-state index contributed by atoms with van der Waals surface area (Å²) in [4.78, 5) is 3.77. The van der Waals surface area contributed by atoms with E-state index in [1.165, 1.54) is 10.3 Å². The van der Waals surface area contributed by atoms with E-state index in [4.69, 9.17) is 0 Å². The number of hydrogen-bond acceptors (Lipinski definition) is 3. The molecule has 1 aromatic heterocycles. The minimum Gasteiger partial charge on any atom is -0.573 e. The molecule has 0 aliphatic rings. The van der Waals surface area contributed by atoms with Crippen LogP contribution >= 0.6 is 0 Å². The van der Waals surface area contributed by atoms with E-state index in [1.807, 2.05) is 0 Å². The molecule has 0 bridgehead atoms. The fraction of sp³-hybridized carbons (Fsp3) is 0.400. The van der Waals surface area contributed by atoms with Crippen LogP contribution in [0.3, 0.4) is 0 Å². The smallest absolute Gasteiger partial charge is 0.173 e. The zero-order valence-corrected chi connectivity index (χ0v) is 6.71. The van der Waals surface area contributed by atoms with E-state index >= 15 is 0 Å². The van der Waals surface area contributed by atoms with Crippen molar-refractivity contribution < 1.29 is 4.55 Å². The highest BCUT2D eigenvalue weighted by Gasteiger charge is 2.10. The molecule has 10 heavy (non-hydrogen) atoms. The topological polar surface area (TPSA) is 44.1 Å². The maximum Gasteiger partial charge on any atom is 0.173 e. The zero-order chi connectivity index (χ0) is 7.56. The van der Waals surface area contributed by atoms with Crippen molar-refractivity contribution in [3.8, 4) is 0 Å². The third-order valence-electron chi connectivity index (χ3n) is 0.973. The Bertz CT molecular complexity index is 187. The second-order valence-corrected chi connectivity index (χ2v) is 3.58. The molecule has 56 valence electrons. The lowest BCUT2D eigenvalue weighted by Gasteiger charge is -2.13. The molecule has 1 aromatic rings. The molecule has 0 saturated carbocycles. The summed E-state index contributed by atoms with van der Waals surface area (Å²) in [6, 6.07) is 0. The average molecular weight is 159 g/mol. The predicted octanol–water partition coefficient (Wildman–Crippen LogP) is -0.129. The van der Waals surface area contributed by atoms with E-state index in [0.29, 0.717) is 0 Å². The Morgan fingerprint density at radius 2 is 2.30 bits per heavy atom. The van der Waals surface area contributed by atoms with E-state index in [9.17, 15) is 4.55 Å². The van der Waals surface area contributed by atoms with E-state index < -0.39 is 11.5 Å². The quantitative estimate of drug-likeness (QED) is 0.565. The van der Waals surface area contributed by atoms with Gasteiger partial charge in [-0.2, -0.15) is 0 Å². The minimum absolute atomic E-state index is 1.12. The summed E-state index contributed by atoms with van der Waals surface area (Å²) in [6.07, 6.45) is 4.79. The molecule has 1 heterocycles. The van der Waals surface area contributed by atoms with Gasteiger partial charge in [-0.3, -0.25) is 0 Å². The molecule has 1 unspecified atom stereocenters. The lowest BCUT2D eigenvalue weighted by Crippen LogP contribution is -2.27. The molecule has 0 saturated heterocycles. The van der Waals surface area contributed by atoms with Gasteiger partial charge >= 0.3 is 0 Å². The number of rotatable bonds is 2. The van der Waals surface area contributed by atoms with Crippen LogP contribution in [0.25, 0.3) is 0 Å². The van der Waals surface area contributed by atoms with Crippen molar-refractivity contribution in [2.45, 2.75) is 0 Å². The maximum atomic E-state index is 11.2. The van der Waals surface area contributed by atoms with E-state index in [-0.39, 0.29) is 0 Å². The first kappa shape index (κ1) is 7.59. The summed E-state index contributed by atoms with van der Waals surface area (Å²) in [5.74, 6) is 0. The maximum absolute atomic E-state index is 11.2. The second-order valence-electron chi connectivity index (χ2n) is 1.97. The first-order valence-electron chi connectivity index (χ1n) is 2.79. The molecule has 0 fully saturated rings. The highest BCUT2D eigenvalue weighted by Crippen LogP contribution is 1.98. The van der Waals surface area contributed by atoms with Gasteiger partial charge in [0.05, 0.1) is 6.20 Å². The third-order valence-corrected chi connectivity index (χ3v) is 2.17. The van der Waals surface area contributed by atoms with Crippen molar-refractivity contribution in [2.75, 3.05) is 14.1 Å². The van der Waals surface area contributed by atoms with Gasteiger partial charge < -0.3 is 4.55 Å². The van der Waals surface area contributed by atoms with Gasteiger partial charge in [0, 0.05) is 20.3 Å². The Labute approximate surface area is 62.9 Å². The molecule has 0 N–H and O–H groups in total. The Kier molecular flexibility index (Phi) is 2.31. The summed E-state index contributed by atoms with van der Waals surface area (Å²) >= 11 is -1.12. The first-order valence-corrected chi connectivity index (χ1v) is 3.86. The molecule has 0 spiro atoms. The summed E-state index contributed by atoms with van der Waals surface area (Å²) in [5.41, 5.74) is 0. The summed E-state index contributed by atoms with van der Waals surface area (Å²) < 4.78 is 14.3. The van der Waals surface area contributed by atoms with Gasteiger partial charge in [0.2, 0.25) is 0 Å². The molecular weight excluding hydrogens is 150 g/mol. The zero-order valence-electron chi connectivity index (χ0n) is 5.89. The average Bonchev–Trinajstić information content (AvgIpc) is 2.36. The van der Waals surface area contributed by atoms with Crippen molar-refractivity contribution in [1.29, 1.82) is 0 Å². The first-order chi connectivity index (χ1) is 4.72. The lowest BCUT2D eigenvalue weighted by molar-refractivity contribution is 0.510. The number of aromatic nitrogens is 2. The van der Waals surface area contributed by atoms with Gasteiger partial charge in [-0.25, -0.2) is 4.98 Å². The Morgan fingerprint density at radius 1 is 1.60 bits per heavy atom. The van der Waals surface area contributed by atoms with Crippen molar-refractivity contribution in [3.05, 3.63) is 18.7 Å². The highest BCUT2D eigenvalue weighted by atomic mass is 32.2. The van der Waals surface area contributed by atoms with Gasteiger partial charge in [0.15, 0.2) is 11.5 Å². The fourth-order valence-corrected chi connectivity index (χ4v) is 1.20. The summed E-state index contributed by atoms with van der Waals surface area (Å²) in [6.45, 7) is 0. The van der Waals surface area contributed by atoms with Crippen LogP contribution in [0.2, 0.25) is 0 Å². The van der Waals surface area contributed by atoms with E-state index in [2.05, 4.69) is 4.98 Å². The molecule has 0 radical (unpaired) electrons. The normalized spacial score (nSPS) is 14.0. The van der Waals surface area contributed by atoms with Gasteiger partial charge in [0.25, 0.3) is 0 Å². The van der Waals surface area contributed by atoms with Crippen LogP contribution in [-0.2, 0) is 11.5 Å². The molecule has 1 rings (SSSR count). The van der Waals surface area contributed by atoms with Crippen LogP contribution in [0.5, 0.6) is 0 Å². The Morgan fingerprint density at radius 3 is 2.70 bits per heavy atom. The molecule has 0 aromatic carbocycles. The second kappa shape index (κ2) is 3.05. The Hall–Kier alpha value is -0.520. The monoisotopic (exact) mass is 159 g/mol. The van der Waals surface area contributed by atoms with Crippen LogP contribution in [0.1, 0.15) is 0 Å². The summed E-state index contributed by atoms with van der Waals surface area (Å²) in [7, 11) is 3.49. The molecule has 4 nitrogen and oxygen atoms in total. The van der Waals surface area contributed by atoms with Crippen LogP contribution in [0, 0.1) is 0 Å². The van der Waals surface area contributed by atoms with Crippen LogP contribution in [0.15, 0.2) is 18.7 Å². The standard InChI is InChI=1S/C5H9N3OS/c1-7(2)10(9)8-4-3-6-5-8/h3-5H,1-2H3. The molecular formula is C5H9N3OS. The van der Waals surface area contributed by atoms with E-state index in [1.54, 1.807) is 30.8 Å². The third kappa shape index (κ3) is 1.50. The predicted molar refractivity (Wildman–Crippen MR) is 39.5 cm³/mol. The van der Waals surface area contributed by atoms with Gasteiger partial charge in [-0.1, -0.05) is 0 Å². The van der Waals surface area contributed by atoms with Gasteiger partial charge in [-0.15, -0.1) is 8.28 Å². The van der Waals surface area contributed by atoms with Crippen molar-refractivity contribution in [2.24, 2.45) is 0 Å². The molecule has 0 aliphatic heterocycles. The van der Waals surface area contributed by atoms with Crippen molar-refractivity contribution in [1.82, 2.24) is 13.3 Å². The minimum atomic E-state index is -1.12. The SMILES string of the molecule is CN(C)[S+]([O-])n1ccnc1. The van der Waals surface area contributed by atoms with E-state index in [0.717, 1.165) is 0 Å². The van der Waals surface area contributed by atoms with Gasteiger partial charge in [0.1, 0.15) is 6.33 Å².